The second kappa shape index (κ2) is 12.3. The van der Waals surface area contributed by atoms with Crippen molar-refractivity contribution in [1.82, 2.24) is 4.90 Å². The van der Waals surface area contributed by atoms with Crippen molar-refractivity contribution in [3.05, 3.63) is 53.6 Å². The van der Waals surface area contributed by atoms with E-state index in [2.05, 4.69) is 26.6 Å². The predicted octanol–water partition coefficient (Wildman–Crippen LogP) is 4.94. The van der Waals surface area contributed by atoms with Crippen molar-refractivity contribution in [3.8, 4) is 5.75 Å². The number of ether oxygens (including phenoxy) is 1. The van der Waals surface area contributed by atoms with Gasteiger partial charge in [0, 0.05) is 39.6 Å². The summed E-state index contributed by atoms with van der Waals surface area (Å²) < 4.78 is 4.77. The van der Waals surface area contributed by atoms with Crippen LogP contribution in [0, 0.1) is 11.8 Å². The van der Waals surface area contributed by atoms with Crippen LogP contribution in [0.5, 0.6) is 5.75 Å². The summed E-state index contributed by atoms with van der Waals surface area (Å²) in [7, 11) is 0. The van der Waals surface area contributed by atoms with Crippen LogP contribution in [0.25, 0.3) is 0 Å². The molecule has 0 radical (unpaired) electrons. The van der Waals surface area contributed by atoms with Crippen LogP contribution in [0.2, 0.25) is 5.02 Å². The van der Waals surface area contributed by atoms with Gasteiger partial charge in [0.05, 0.1) is 23.2 Å². The van der Waals surface area contributed by atoms with Gasteiger partial charge in [-0.1, -0.05) is 27.5 Å². The maximum atomic E-state index is 14.1. The third-order valence-corrected chi connectivity index (χ3v) is 11.4. The molecule has 3 aliphatic rings. The van der Waals surface area contributed by atoms with Gasteiger partial charge in [0.1, 0.15) is 11.8 Å². The van der Waals surface area contributed by atoms with Gasteiger partial charge in [-0.2, -0.15) is 0 Å². The second-order valence-electron chi connectivity index (χ2n) is 10.4. The Balaban J connectivity index is 1.42. The molecule has 11 heteroatoms. The maximum Gasteiger partial charge on any atom is 0.248 e. The zero-order valence-corrected chi connectivity index (χ0v) is 25.3. The molecule has 3 N–H and O–H groups in total. The van der Waals surface area contributed by atoms with E-state index in [0.717, 1.165) is 6.42 Å². The number of nitrogens with zero attached hydrogens (tertiary/aromatic N) is 1. The first-order valence-electron chi connectivity index (χ1n) is 13.6. The van der Waals surface area contributed by atoms with E-state index in [1.165, 1.54) is 0 Å². The fourth-order valence-corrected chi connectivity index (χ4v) is 10.1. The smallest absolute Gasteiger partial charge is 0.248 e. The molecule has 3 amide bonds. The number of hydrogen-bond acceptors (Lipinski definition) is 6. The van der Waals surface area contributed by atoms with Gasteiger partial charge in [0.15, 0.2) is 0 Å². The summed E-state index contributed by atoms with van der Waals surface area (Å²) in [5.74, 6) is -1.12. The zero-order chi connectivity index (χ0) is 28.4. The third kappa shape index (κ3) is 5.47. The van der Waals surface area contributed by atoms with Crippen molar-refractivity contribution >= 4 is 68.4 Å². The lowest BCUT2D eigenvalue weighted by Gasteiger charge is -2.35. The lowest BCUT2D eigenvalue weighted by molar-refractivity contribution is -0.138. The van der Waals surface area contributed by atoms with E-state index in [4.69, 9.17) is 16.3 Å². The Morgan fingerprint density at radius 2 is 1.73 bits per heavy atom. The molecule has 2 aromatic carbocycles. The molecule has 0 aromatic heterocycles. The lowest BCUT2D eigenvalue weighted by atomic mass is 9.70. The number of unbranched alkanes of at least 4 members (excludes halogenated alkanes) is 2. The molecule has 8 nitrogen and oxygen atoms in total. The zero-order valence-electron chi connectivity index (χ0n) is 22.1. The summed E-state index contributed by atoms with van der Waals surface area (Å²) in [5, 5.41) is 15.7. The SMILES string of the molecule is CCOc1ccc(NC(=O)[C@H]2[C@@H]3SC4(CC3Br)C(C(=O)Nc3ccc(Cl)cc3)N(CCCCCO)C(=O)[C@H]24)cc1. The van der Waals surface area contributed by atoms with Gasteiger partial charge in [-0.05, 0) is 81.1 Å². The van der Waals surface area contributed by atoms with Crippen LogP contribution in [0.4, 0.5) is 11.4 Å². The largest absolute Gasteiger partial charge is 0.494 e. The number of likely N-dealkylation sites (tertiary alicyclic amines) is 1. The first-order chi connectivity index (χ1) is 19.3. The Labute approximate surface area is 251 Å². The lowest BCUT2D eigenvalue weighted by Crippen LogP contribution is -2.52. The maximum absolute atomic E-state index is 14.1. The molecule has 6 atom stereocenters. The molecule has 0 saturated carbocycles. The highest BCUT2D eigenvalue weighted by molar-refractivity contribution is 9.09. The predicted molar refractivity (Wildman–Crippen MR) is 161 cm³/mol. The van der Waals surface area contributed by atoms with E-state index in [1.807, 2.05) is 6.92 Å². The van der Waals surface area contributed by atoms with E-state index in [0.29, 0.717) is 54.6 Å². The molecule has 3 fully saturated rings. The van der Waals surface area contributed by atoms with E-state index in [9.17, 15) is 19.5 Å². The van der Waals surface area contributed by atoms with Gasteiger partial charge >= 0.3 is 0 Å². The van der Waals surface area contributed by atoms with Crippen LogP contribution in [0.15, 0.2) is 48.5 Å². The summed E-state index contributed by atoms with van der Waals surface area (Å²) in [6.45, 7) is 2.93. The molecule has 2 aromatic rings. The highest BCUT2D eigenvalue weighted by atomic mass is 79.9. The second-order valence-corrected chi connectivity index (χ2v) is 13.6. The number of amides is 3. The third-order valence-electron chi connectivity index (χ3n) is 7.94. The van der Waals surface area contributed by atoms with E-state index in [1.54, 1.807) is 65.2 Å². The van der Waals surface area contributed by atoms with Crippen LogP contribution in [0.1, 0.15) is 32.6 Å². The first kappa shape index (κ1) is 29.2. The fourth-order valence-electron chi connectivity index (χ4n) is 6.31. The highest BCUT2D eigenvalue weighted by Crippen LogP contribution is 2.67. The number of carbonyl (C=O) groups is 3. The van der Waals surface area contributed by atoms with Crippen molar-refractivity contribution in [2.75, 3.05) is 30.4 Å². The Morgan fingerprint density at radius 3 is 2.38 bits per heavy atom. The number of thioether (sulfide) groups is 1. The average Bonchev–Trinajstić information content (AvgIpc) is 3.52. The molecule has 2 bridgehead atoms. The Bertz CT molecular complexity index is 1250. The number of anilines is 2. The molecule has 5 rings (SSSR count). The number of halogens is 2. The molecule has 3 saturated heterocycles. The van der Waals surface area contributed by atoms with Crippen molar-refractivity contribution in [1.29, 1.82) is 0 Å². The van der Waals surface area contributed by atoms with Crippen molar-refractivity contribution in [2.24, 2.45) is 11.8 Å². The van der Waals surface area contributed by atoms with Crippen LogP contribution in [0.3, 0.4) is 0 Å². The number of carbonyl (C=O) groups excluding carboxylic acids is 3. The summed E-state index contributed by atoms with van der Waals surface area (Å²) >= 11 is 11.4. The van der Waals surface area contributed by atoms with Crippen LogP contribution in [-0.2, 0) is 14.4 Å². The van der Waals surface area contributed by atoms with E-state index < -0.39 is 22.6 Å². The number of benzene rings is 2. The topological polar surface area (TPSA) is 108 Å². The Morgan fingerprint density at radius 1 is 1.07 bits per heavy atom. The van der Waals surface area contributed by atoms with Gasteiger partial charge in [-0.3, -0.25) is 14.4 Å². The monoisotopic (exact) mass is 649 g/mol. The quantitative estimate of drug-likeness (QED) is 0.235. The first-order valence-corrected chi connectivity index (χ1v) is 15.8. The minimum absolute atomic E-state index is 0.0159. The normalized spacial score (nSPS) is 28.4. The average molecular weight is 651 g/mol. The number of rotatable bonds is 11. The van der Waals surface area contributed by atoms with Gasteiger partial charge in [0.2, 0.25) is 17.7 Å². The van der Waals surface area contributed by atoms with Gasteiger partial charge in [-0.15, -0.1) is 11.8 Å². The molecule has 214 valence electrons. The number of hydrogen-bond donors (Lipinski definition) is 3. The number of aliphatic hydroxyl groups excluding tert-OH is 1. The van der Waals surface area contributed by atoms with Crippen molar-refractivity contribution in [2.45, 2.75) is 53.5 Å². The molecule has 3 heterocycles. The number of alkyl halides is 1. The number of nitrogens with one attached hydrogen (secondary N) is 2. The van der Waals surface area contributed by atoms with Crippen LogP contribution >= 0.6 is 39.3 Å². The van der Waals surface area contributed by atoms with Gasteiger partial charge in [-0.25, -0.2) is 0 Å². The minimum atomic E-state index is -0.732. The molecule has 0 aliphatic carbocycles. The summed E-state index contributed by atoms with van der Waals surface area (Å²) in [6, 6.07) is 13.3. The number of fused-ring (bicyclic) bond motifs is 1. The molecule has 3 unspecified atom stereocenters. The van der Waals surface area contributed by atoms with E-state index >= 15 is 0 Å². The van der Waals surface area contributed by atoms with Crippen molar-refractivity contribution in [3.63, 3.8) is 0 Å². The van der Waals surface area contributed by atoms with Crippen LogP contribution < -0.4 is 15.4 Å². The highest BCUT2D eigenvalue weighted by Gasteiger charge is 2.75. The van der Waals surface area contributed by atoms with E-state index in [-0.39, 0.29) is 34.4 Å². The summed E-state index contributed by atoms with van der Waals surface area (Å²) in [5.41, 5.74) is 1.23. The summed E-state index contributed by atoms with van der Waals surface area (Å²) in [6.07, 6.45) is 2.64. The minimum Gasteiger partial charge on any atom is -0.494 e. The molecular formula is C29H33BrClN3O5S. The molecule has 3 aliphatic heterocycles. The summed E-state index contributed by atoms with van der Waals surface area (Å²) in [4.78, 5) is 43.4. The Hall–Kier alpha value is -2.27. The Kier molecular flexibility index (Phi) is 8.99. The standard InChI is InChI=1S/C29H33BrClN3O5S/c1-2-39-20-12-10-19(11-13-20)32-26(36)22-23-28(38)34(14-4-3-5-15-35)25(29(23)16-21(30)24(22)40-29)27(37)33-18-8-6-17(31)7-9-18/h6-13,21-25,35H,2-5,14-16H2,1H3,(H,32,36)(H,33,37)/t21?,22-,23+,24-,25?,29?/m1/s1. The molecular weight excluding hydrogens is 618 g/mol. The number of aliphatic hydroxyl groups is 1. The van der Waals surface area contributed by atoms with Crippen LogP contribution in [-0.4, -0.2) is 68.4 Å². The molecule has 40 heavy (non-hydrogen) atoms. The van der Waals surface area contributed by atoms with Gasteiger partial charge < -0.3 is 25.4 Å². The van der Waals surface area contributed by atoms with Crippen molar-refractivity contribution < 1.29 is 24.2 Å². The van der Waals surface area contributed by atoms with Gasteiger partial charge in [0.25, 0.3) is 0 Å². The fraction of sp³-hybridized carbons (Fsp3) is 0.483. The molecule has 1 spiro atoms.